The maximum Gasteiger partial charge on any atom is 0.233 e. The Balaban J connectivity index is 1.44. The van der Waals surface area contributed by atoms with Crippen molar-refractivity contribution in [1.29, 1.82) is 0 Å². The third-order valence-electron chi connectivity index (χ3n) is 5.72. The molecule has 1 N–H and O–H groups in total. The number of aromatic nitrogens is 1. The van der Waals surface area contributed by atoms with Gasteiger partial charge in [0.05, 0.1) is 17.5 Å². The second-order valence-electron chi connectivity index (χ2n) is 8.49. The summed E-state index contributed by atoms with van der Waals surface area (Å²) in [6, 6.07) is 27.2. The second-order valence-corrected chi connectivity index (χ2v) is 9.48. The Hall–Kier alpha value is -3.84. The Morgan fingerprint density at radius 1 is 1.00 bits per heavy atom. The summed E-state index contributed by atoms with van der Waals surface area (Å²) in [5.74, 6) is 1.38. The molecule has 0 aliphatic heterocycles. The van der Waals surface area contributed by atoms with Crippen molar-refractivity contribution in [3.05, 3.63) is 108 Å². The van der Waals surface area contributed by atoms with Gasteiger partial charge < -0.3 is 14.6 Å². The molecule has 0 aliphatic rings. The molecule has 1 atom stereocenters. The van der Waals surface area contributed by atoms with Crippen LogP contribution in [0.25, 0.3) is 11.5 Å². The summed E-state index contributed by atoms with van der Waals surface area (Å²) in [7, 11) is 0. The minimum Gasteiger partial charge on any atom is -0.444 e. The third-order valence-corrected chi connectivity index (χ3v) is 6.67. The molecule has 0 saturated heterocycles. The van der Waals surface area contributed by atoms with Gasteiger partial charge in [-0.05, 0) is 42.3 Å². The largest absolute Gasteiger partial charge is 0.444 e. The van der Waals surface area contributed by atoms with Gasteiger partial charge >= 0.3 is 0 Å². The zero-order valence-electron chi connectivity index (χ0n) is 20.4. The smallest absolute Gasteiger partial charge is 0.233 e. The van der Waals surface area contributed by atoms with Crippen molar-refractivity contribution >= 4 is 29.3 Å². The topological polar surface area (TPSA) is 75.4 Å². The quantitative estimate of drug-likeness (QED) is 0.276. The lowest BCUT2D eigenvalue weighted by molar-refractivity contribution is -0.131. The van der Waals surface area contributed by atoms with Gasteiger partial charge in [-0.1, -0.05) is 60.7 Å². The lowest BCUT2D eigenvalue weighted by atomic mass is 10.0. The zero-order valence-corrected chi connectivity index (χ0v) is 21.2. The summed E-state index contributed by atoms with van der Waals surface area (Å²) in [6.45, 7) is 3.99. The van der Waals surface area contributed by atoms with E-state index >= 15 is 0 Å². The van der Waals surface area contributed by atoms with Gasteiger partial charge in [0.15, 0.2) is 0 Å². The molecule has 0 spiro atoms. The first kappa shape index (κ1) is 25.3. The van der Waals surface area contributed by atoms with Gasteiger partial charge in [-0.15, -0.1) is 11.8 Å². The highest BCUT2D eigenvalue weighted by Crippen LogP contribution is 2.27. The first-order valence-electron chi connectivity index (χ1n) is 11.8. The van der Waals surface area contributed by atoms with Crippen LogP contribution in [0.4, 0.5) is 5.69 Å². The van der Waals surface area contributed by atoms with Crippen molar-refractivity contribution in [2.45, 2.75) is 32.2 Å². The number of nitrogens with one attached hydrogen (secondary N) is 1. The maximum atomic E-state index is 13.4. The first-order valence-corrected chi connectivity index (χ1v) is 12.9. The fourth-order valence-corrected chi connectivity index (χ4v) is 4.68. The molecular weight excluding hydrogens is 470 g/mol. The number of hydrogen-bond acceptors (Lipinski definition) is 5. The van der Waals surface area contributed by atoms with Gasteiger partial charge in [0.1, 0.15) is 6.26 Å². The van der Waals surface area contributed by atoms with Crippen molar-refractivity contribution in [1.82, 2.24) is 9.88 Å². The molecule has 0 aliphatic carbocycles. The van der Waals surface area contributed by atoms with E-state index in [1.165, 1.54) is 18.7 Å². The summed E-state index contributed by atoms with van der Waals surface area (Å²) in [5.41, 5.74) is 4.46. The van der Waals surface area contributed by atoms with Gasteiger partial charge in [0, 0.05) is 30.5 Å². The molecule has 0 fully saturated rings. The predicted molar refractivity (Wildman–Crippen MR) is 144 cm³/mol. The molecule has 2 amide bonds. The van der Waals surface area contributed by atoms with Crippen molar-refractivity contribution in [2.75, 3.05) is 11.1 Å². The molecule has 1 unspecified atom stereocenters. The third kappa shape index (κ3) is 6.86. The van der Waals surface area contributed by atoms with Crippen LogP contribution in [0.15, 0.2) is 95.6 Å². The highest BCUT2D eigenvalue weighted by molar-refractivity contribution is 7.99. The summed E-state index contributed by atoms with van der Waals surface area (Å²) in [4.78, 5) is 31.4. The standard InChI is InChI=1S/C29H29N3O3S/c1-21(25-14-9-15-26(16-25)30-22(2)33)32(17-23-10-5-3-6-11-23)28(34)20-36-19-27-18-35-29(31-27)24-12-7-4-8-13-24/h3-16,18,21H,17,19-20H2,1-2H3,(H,30,33). The van der Waals surface area contributed by atoms with E-state index in [1.54, 1.807) is 6.26 Å². The Morgan fingerprint density at radius 3 is 2.44 bits per heavy atom. The fourth-order valence-electron chi connectivity index (χ4n) is 3.89. The van der Waals surface area contributed by atoms with Crippen LogP contribution in [0.1, 0.15) is 36.7 Å². The lowest BCUT2D eigenvalue weighted by Gasteiger charge is -2.30. The maximum absolute atomic E-state index is 13.4. The van der Waals surface area contributed by atoms with Gasteiger partial charge in [-0.25, -0.2) is 4.98 Å². The van der Waals surface area contributed by atoms with Gasteiger partial charge in [-0.2, -0.15) is 0 Å². The first-order chi connectivity index (χ1) is 17.5. The van der Waals surface area contributed by atoms with Gasteiger partial charge in [0.25, 0.3) is 0 Å². The van der Waals surface area contributed by atoms with Crippen LogP contribution in [0, 0.1) is 0 Å². The molecule has 7 heteroatoms. The van der Waals surface area contributed by atoms with Crippen LogP contribution in [0.2, 0.25) is 0 Å². The van der Waals surface area contributed by atoms with Crippen LogP contribution in [-0.2, 0) is 21.9 Å². The van der Waals surface area contributed by atoms with Crippen molar-refractivity contribution in [2.24, 2.45) is 0 Å². The number of rotatable bonds is 10. The van der Waals surface area contributed by atoms with E-state index in [4.69, 9.17) is 4.42 Å². The van der Waals surface area contributed by atoms with Crippen LogP contribution in [-0.4, -0.2) is 27.5 Å². The van der Waals surface area contributed by atoms with Crippen LogP contribution >= 0.6 is 11.8 Å². The average molecular weight is 500 g/mol. The fraction of sp³-hybridized carbons (Fsp3) is 0.207. The van der Waals surface area contributed by atoms with Crippen LogP contribution < -0.4 is 5.32 Å². The molecule has 3 aromatic carbocycles. The Morgan fingerprint density at radius 2 is 1.72 bits per heavy atom. The molecular formula is C29H29N3O3S. The molecule has 6 nitrogen and oxygen atoms in total. The minimum atomic E-state index is -0.177. The van der Waals surface area contributed by atoms with Crippen molar-refractivity contribution in [3.8, 4) is 11.5 Å². The molecule has 1 heterocycles. The molecule has 1 aromatic heterocycles. The summed E-state index contributed by atoms with van der Waals surface area (Å²) >= 11 is 1.52. The van der Waals surface area contributed by atoms with E-state index in [0.29, 0.717) is 29.6 Å². The Bertz CT molecular complexity index is 1290. The van der Waals surface area contributed by atoms with Gasteiger partial charge in [-0.3, -0.25) is 9.59 Å². The predicted octanol–water partition coefficient (Wildman–Crippen LogP) is 6.32. The number of amides is 2. The Labute approximate surface area is 215 Å². The summed E-state index contributed by atoms with van der Waals surface area (Å²) < 4.78 is 5.62. The number of hydrogen-bond donors (Lipinski definition) is 1. The number of oxazole rings is 1. The second kappa shape index (κ2) is 12.2. The minimum absolute atomic E-state index is 0.0352. The van der Waals surface area contributed by atoms with E-state index in [9.17, 15) is 9.59 Å². The number of carbonyl (C=O) groups is 2. The molecule has 4 rings (SSSR count). The van der Waals surface area contributed by atoms with E-state index < -0.39 is 0 Å². The van der Waals surface area contributed by atoms with Gasteiger partial charge in [0.2, 0.25) is 17.7 Å². The molecule has 184 valence electrons. The molecule has 0 saturated carbocycles. The molecule has 0 radical (unpaired) electrons. The average Bonchev–Trinajstić information content (AvgIpc) is 3.37. The highest BCUT2D eigenvalue weighted by Gasteiger charge is 2.22. The van der Waals surface area contributed by atoms with Crippen LogP contribution in [0.5, 0.6) is 0 Å². The van der Waals surface area contributed by atoms with Crippen LogP contribution in [0.3, 0.4) is 0 Å². The van der Waals surface area contributed by atoms with E-state index in [2.05, 4.69) is 10.3 Å². The molecule has 4 aromatic rings. The lowest BCUT2D eigenvalue weighted by Crippen LogP contribution is -2.34. The molecule has 36 heavy (non-hydrogen) atoms. The summed E-state index contributed by atoms with van der Waals surface area (Å²) in [5, 5.41) is 2.82. The number of carbonyl (C=O) groups excluding carboxylic acids is 2. The van der Waals surface area contributed by atoms with E-state index in [-0.39, 0.29) is 17.9 Å². The highest BCUT2D eigenvalue weighted by atomic mass is 32.2. The number of nitrogens with zero attached hydrogens (tertiary/aromatic N) is 2. The molecule has 0 bridgehead atoms. The number of anilines is 1. The van der Waals surface area contributed by atoms with Crippen molar-refractivity contribution < 1.29 is 14.0 Å². The monoisotopic (exact) mass is 499 g/mol. The number of benzene rings is 3. The zero-order chi connectivity index (χ0) is 25.3. The Kier molecular flexibility index (Phi) is 8.57. The number of thioether (sulfide) groups is 1. The normalized spacial score (nSPS) is 11.6. The van der Waals surface area contributed by atoms with Crippen molar-refractivity contribution in [3.63, 3.8) is 0 Å². The summed E-state index contributed by atoms with van der Waals surface area (Å²) in [6.07, 6.45) is 1.65. The van der Waals surface area contributed by atoms with E-state index in [0.717, 1.165) is 22.4 Å². The SMILES string of the molecule is CC(=O)Nc1cccc(C(C)N(Cc2ccccc2)C(=O)CSCc2coc(-c3ccccc3)n2)c1. The van der Waals surface area contributed by atoms with E-state index in [1.807, 2.05) is 96.8 Å².